The predicted molar refractivity (Wildman–Crippen MR) is 119 cm³/mol. The summed E-state index contributed by atoms with van der Waals surface area (Å²) in [6.45, 7) is 2.65. The molecule has 0 fully saturated rings. The molecule has 0 saturated heterocycles. The highest BCUT2D eigenvalue weighted by atomic mass is 35.5. The number of thioether (sulfide) groups is 1. The van der Waals surface area contributed by atoms with Crippen LogP contribution in [0.1, 0.15) is 30.9 Å². The Balaban J connectivity index is 1.56. The molecule has 1 aromatic heterocycles. The van der Waals surface area contributed by atoms with Crippen LogP contribution < -0.4 is 10.2 Å². The van der Waals surface area contributed by atoms with Gasteiger partial charge in [0.05, 0.1) is 18.1 Å². The van der Waals surface area contributed by atoms with Crippen molar-refractivity contribution in [3.8, 4) is 5.75 Å². The monoisotopic (exact) mass is 449 g/mol. The Morgan fingerprint density at radius 3 is 2.83 bits per heavy atom. The second kappa shape index (κ2) is 10.6. The lowest BCUT2D eigenvalue weighted by atomic mass is 10.1. The zero-order valence-corrected chi connectivity index (χ0v) is 18.2. The van der Waals surface area contributed by atoms with Crippen LogP contribution in [-0.4, -0.2) is 28.6 Å². The first-order valence-corrected chi connectivity index (χ1v) is 11.1. The number of aliphatic carboxylic acids is 1. The first-order valence-electron chi connectivity index (χ1n) is 9.72. The number of carboxylic acids is 1. The van der Waals surface area contributed by atoms with Crippen molar-refractivity contribution in [1.82, 2.24) is 0 Å². The average Bonchev–Trinajstić information content (AvgIpc) is 3.13. The van der Waals surface area contributed by atoms with E-state index in [1.807, 2.05) is 18.2 Å². The summed E-state index contributed by atoms with van der Waals surface area (Å²) in [4.78, 5) is 11.7. The summed E-state index contributed by atoms with van der Waals surface area (Å²) < 4.78 is 11.7. The van der Waals surface area contributed by atoms with Crippen molar-refractivity contribution < 1.29 is 24.3 Å². The molecule has 30 heavy (non-hydrogen) atoms. The largest absolute Gasteiger partial charge is 0.493 e. The summed E-state index contributed by atoms with van der Waals surface area (Å²) in [6.07, 6.45) is 4.05. The maximum absolute atomic E-state index is 10.8. The van der Waals surface area contributed by atoms with E-state index in [-0.39, 0.29) is 6.42 Å². The number of carboxylic acid groups (broad SMARTS) is 1. The van der Waals surface area contributed by atoms with Crippen LogP contribution in [0, 0.1) is 0 Å². The first kappa shape index (κ1) is 22.3. The highest BCUT2D eigenvalue weighted by Gasteiger charge is 2.14. The van der Waals surface area contributed by atoms with Crippen molar-refractivity contribution in [2.75, 3.05) is 17.8 Å². The van der Waals surface area contributed by atoms with E-state index in [9.17, 15) is 10.0 Å². The SMILES string of the molecule is CCCc1c(OCCCSc2ccc(CC(=O)O)cc2Cl)ccc2c(NO)coc12. The number of benzene rings is 2. The lowest BCUT2D eigenvalue weighted by molar-refractivity contribution is -0.136. The topological polar surface area (TPSA) is 91.9 Å². The number of hydrogen-bond donors (Lipinski definition) is 3. The molecule has 0 bridgehead atoms. The van der Waals surface area contributed by atoms with E-state index in [1.54, 1.807) is 23.9 Å². The first-order chi connectivity index (χ1) is 14.5. The molecule has 1 heterocycles. The lowest BCUT2D eigenvalue weighted by Crippen LogP contribution is -2.02. The molecule has 3 N–H and O–H groups in total. The van der Waals surface area contributed by atoms with E-state index in [0.29, 0.717) is 22.9 Å². The molecule has 2 aromatic carbocycles. The number of furan rings is 1. The molecule has 0 atom stereocenters. The molecular weight excluding hydrogens is 426 g/mol. The van der Waals surface area contributed by atoms with Crippen LogP contribution in [0.2, 0.25) is 5.02 Å². The third-order valence-corrected chi connectivity index (χ3v) is 6.16. The third-order valence-electron chi connectivity index (χ3n) is 4.58. The summed E-state index contributed by atoms with van der Waals surface area (Å²) in [7, 11) is 0. The van der Waals surface area contributed by atoms with Gasteiger partial charge >= 0.3 is 5.97 Å². The number of hydrogen-bond acceptors (Lipinski definition) is 6. The minimum Gasteiger partial charge on any atom is -0.493 e. The average molecular weight is 450 g/mol. The molecule has 6 nitrogen and oxygen atoms in total. The minimum absolute atomic E-state index is 0.0333. The summed E-state index contributed by atoms with van der Waals surface area (Å²) >= 11 is 7.89. The Bertz CT molecular complexity index is 1020. The maximum atomic E-state index is 10.8. The molecule has 3 aromatic rings. The van der Waals surface area contributed by atoms with Crippen LogP contribution in [0.3, 0.4) is 0 Å². The van der Waals surface area contributed by atoms with Crippen molar-refractivity contribution >= 4 is 46.0 Å². The molecule has 0 aliphatic rings. The number of ether oxygens (including phenoxy) is 1. The highest BCUT2D eigenvalue weighted by molar-refractivity contribution is 7.99. The fourth-order valence-corrected chi connectivity index (χ4v) is 4.43. The fraction of sp³-hybridized carbons (Fsp3) is 0.318. The number of nitrogens with one attached hydrogen (secondary N) is 1. The van der Waals surface area contributed by atoms with Gasteiger partial charge in [-0.15, -0.1) is 11.8 Å². The van der Waals surface area contributed by atoms with Crippen LogP contribution in [0.5, 0.6) is 5.75 Å². The second-order valence-corrected chi connectivity index (χ2v) is 8.36. The second-order valence-electron chi connectivity index (χ2n) is 6.82. The van der Waals surface area contributed by atoms with Crippen molar-refractivity contribution in [2.45, 2.75) is 37.5 Å². The van der Waals surface area contributed by atoms with Crippen LogP contribution in [0.4, 0.5) is 5.69 Å². The third kappa shape index (κ3) is 5.41. The highest BCUT2D eigenvalue weighted by Crippen LogP contribution is 2.35. The van der Waals surface area contributed by atoms with Gasteiger partial charge in [-0.25, -0.2) is 0 Å². The number of anilines is 1. The number of rotatable bonds is 11. The molecule has 8 heteroatoms. The summed E-state index contributed by atoms with van der Waals surface area (Å²) in [5.74, 6) is 0.745. The van der Waals surface area contributed by atoms with Crippen LogP contribution >= 0.6 is 23.4 Å². The molecule has 0 radical (unpaired) electrons. The van der Waals surface area contributed by atoms with Gasteiger partial charge in [0.25, 0.3) is 0 Å². The van der Waals surface area contributed by atoms with Gasteiger partial charge in [0.15, 0.2) is 0 Å². The van der Waals surface area contributed by atoms with Gasteiger partial charge in [-0.05, 0) is 42.7 Å². The minimum atomic E-state index is -0.873. The zero-order valence-electron chi connectivity index (χ0n) is 16.6. The quantitative estimate of drug-likeness (QED) is 0.187. The number of halogens is 1. The van der Waals surface area contributed by atoms with E-state index < -0.39 is 5.97 Å². The number of carbonyl (C=O) groups is 1. The van der Waals surface area contributed by atoms with Crippen LogP contribution in [0.15, 0.2) is 45.9 Å². The van der Waals surface area contributed by atoms with Crippen molar-refractivity contribution in [2.24, 2.45) is 0 Å². The molecule has 0 spiro atoms. The smallest absolute Gasteiger partial charge is 0.307 e. The summed E-state index contributed by atoms with van der Waals surface area (Å²) in [5.41, 5.74) is 5.12. The van der Waals surface area contributed by atoms with E-state index in [2.05, 4.69) is 12.4 Å². The predicted octanol–water partition coefficient (Wildman–Crippen LogP) is 6.03. The van der Waals surface area contributed by atoms with Gasteiger partial charge in [0, 0.05) is 21.6 Å². The number of fused-ring (bicyclic) bond motifs is 1. The molecular formula is C22H24ClNO5S. The van der Waals surface area contributed by atoms with Gasteiger partial charge in [-0.1, -0.05) is 31.0 Å². The molecule has 0 amide bonds. The van der Waals surface area contributed by atoms with Gasteiger partial charge < -0.3 is 14.3 Å². The van der Waals surface area contributed by atoms with Crippen molar-refractivity contribution in [3.63, 3.8) is 0 Å². The van der Waals surface area contributed by atoms with E-state index in [0.717, 1.165) is 52.2 Å². The standard InChI is InChI=1S/C22H24ClNO5S/c1-2-4-16-19(7-6-15-18(24-27)13-29-22(15)16)28-9-3-10-30-20-8-5-14(11-17(20)23)12-21(25)26/h5-8,11,13,24,27H,2-4,9-10,12H2,1H3,(H,25,26). The number of aryl methyl sites for hydroxylation is 1. The summed E-state index contributed by atoms with van der Waals surface area (Å²) in [6, 6.07) is 9.15. The molecule has 0 saturated carbocycles. The Morgan fingerprint density at radius 1 is 1.30 bits per heavy atom. The fourth-order valence-electron chi connectivity index (χ4n) is 3.22. The molecule has 0 aliphatic heterocycles. The lowest BCUT2D eigenvalue weighted by Gasteiger charge is -2.12. The van der Waals surface area contributed by atoms with Gasteiger partial charge in [0.2, 0.25) is 0 Å². The van der Waals surface area contributed by atoms with Gasteiger partial charge in [-0.3, -0.25) is 15.5 Å². The normalized spacial score (nSPS) is 11.0. The Hall–Kier alpha value is -2.35. The van der Waals surface area contributed by atoms with E-state index >= 15 is 0 Å². The summed E-state index contributed by atoms with van der Waals surface area (Å²) in [5, 5.41) is 19.5. The zero-order chi connectivity index (χ0) is 21.5. The van der Waals surface area contributed by atoms with Gasteiger partial charge in [-0.2, -0.15) is 0 Å². The Kier molecular flexibility index (Phi) is 7.90. The van der Waals surface area contributed by atoms with Crippen molar-refractivity contribution in [1.29, 1.82) is 0 Å². The molecule has 0 aliphatic carbocycles. The van der Waals surface area contributed by atoms with Crippen LogP contribution in [0.25, 0.3) is 11.0 Å². The van der Waals surface area contributed by atoms with E-state index in [1.165, 1.54) is 6.26 Å². The van der Waals surface area contributed by atoms with Crippen LogP contribution in [-0.2, 0) is 17.6 Å². The Labute approximate surface area is 184 Å². The van der Waals surface area contributed by atoms with E-state index in [4.69, 9.17) is 25.9 Å². The molecule has 0 unspecified atom stereocenters. The Morgan fingerprint density at radius 2 is 2.13 bits per heavy atom. The van der Waals surface area contributed by atoms with Gasteiger partial charge in [0.1, 0.15) is 23.3 Å². The van der Waals surface area contributed by atoms with Crippen molar-refractivity contribution in [3.05, 3.63) is 52.7 Å². The molecule has 3 rings (SSSR count). The molecule has 160 valence electrons. The maximum Gasteiger partial charge on any atom is 0.307 e.